The van der Waals surface area contributed by atoms with Crippen LogP contribution in [0.25, 0.3) is 0 Å². The topological polar surface area (TPSA) is 63.2 Å². The molecule has 0 N–H and O–H groups in total. The quantitative estimate of drug-likeness (QED) is 0.807. The van der Waals surface area contributed by atoms with Gasteiger partial charge in [0.2, 0.25) is 5.78 Å². The Hall–Kier alpha value is -2.63. The summed E-state index contributed by atoms with van der Waals surface area (Å²) in [4.78, 5) is 34.3. The highest BCUT2D eigenvalue weighted by molar-refractivity contribution is 6.40. The summed E-state index contributed by atoms with van der Waals surface area (Å²) in [7, 11) is 0. The second-order valence-corrected chi connectivity index (χ2v) is 6.20. The molecular formula is C18H18FN3O2. The Morgan fingerprint density at radius 3 is 2.42 bits per heavy atom. The van der Waals surface area contributed by atoms with Crippen molar-refractivity contribution in [2.45, 2.75) is 32.2 Å². The number of carbonyl (C=O) groups is 2. The fourth-order valence-corrected chi connectivity index (χ4v) is 2.77. The van der Waals surface area contributed by atoms with Crippen molar-refractivity contribution in [2.75, 3.05) is 6.54 Å². The van der Waals surface area contributed by atoms with Crippen LogP contribution < -0.4 is 0 Å². The molecule has 124 valence electrons. The Bertz CT molecular complexity index is 757. The first-order valence-electron chi connectivity index (χ1n) is 7.85. The predicted molar refractivity (Wildman–Crippen MR) is 85.8 cm³/mol. The van der Waals surface area contributed by atoms with Gasteiger partial charge in [0, 0.05) is 31.4 Å². The lowest BCUT2D eigenvalue weighted by molar-refractivity contribution is -0.141. The van der Waals surface area contributed by atoms with Gasteiger partial charge >= 0.3 is 0 Å². The van der Waals surface area contributed by atoms with E-state index in [1.165, 1.54) is 12.1 Å². The normalized spacial score (nSPS) is 17.8. The van der Waals surface area contributed by atoms with E-state index in [0.29, 0.717) is 18.7 Å². The molecule has 6 heteroatoms. The fraction of sp³-hybridized carbons (Fsp3) is 0.333. The zero-order chi connectivity index (χ0) is 17.3. The highest BCUT2D eigenvalue weighted by Crippen LogP contribution is 2.25. The van der Waals surface area contributed by atoms with Crippen LogP contribution >= 0.6 is 0 Å². The van der Waals surface area contributed by atoms with E-state index in [2.05, 4.69) is 9.97 Å². The number of Topliss-reactive ketones (excluding diaryl/α,β-unsaturated/α-hetero) is 1. The van der Waals surface area contributed by atoms with Crippen LogP contribution in [-0.4, -0.2) is 39.1 Å². The van der Waals surface area contributed by atoms with Crippen LogP contribution in [0.1, 0.15) is 36.7 Å². The molecule has 0 radical (unpaired) electrons. The minimum absolute atomic E-state index is 0.0165. The lowest BCUT2D eigenvalue weighted by atomic mass is 10.0. The van der Waals surface area contributed by atoms with Gasteiger partial charge in [-0.1, -0.05) is 12.1 Å². The number of hydrogen-bond donors (Lipinski definition) is 0. The van der Waals surface area contributed by atoms with Crippen molar-refractivity contribution in [1.82, 2.24) is 14.9 Å². The van der Waals surface area contributed by atoms with Crippen molar-refractivity contribution >= 4 is 11.7 Å². The van der Waals surface area contributed by atoms with Crippen LogP contribution in [0.3, 0.4) is 0 Å². The van der Waals surface area contributed by atoms with E-state index in [0.717, 1.165) is 11.3 Å². The summed E-state index contributed by atoms with van der Waals surface area (Å²) in [6.07, 6.45) is 3.69. The molecule has 1 fully saturated rings. The molecular weight excluding hydrogens is 309 g/mol. The number of amides is 1. The molecule has 5 nitrogen and oxygen atoms in total. The number of rotatable bonds is 4. The van der Waals surface area contributed by atoms with Crippen molar-refractivity contribution in [3.8, 4) is 0 Å². The number of benzene rings is 1. The summed E-state index contributed by atoms with van der Waals surface area (Å²) >= 11 is 0. The molecule has 1 unspecified atom stereocenters. The SMILES string of the molecule is CC(C)N1CC(c2cnc(Cc3ccc(F)cc3)cn2)C(=O)C1=O. The Morgan fingerprint density at radius 2 is 1.88 bits per heavy atom. The maximum absolute atomic E-state index is 12.9. The molecule has 1 aliphatic heterocycles. The zero-order valence-electron chi connectivity index (χ0n) is 13.6. The summed E-state index contributed by atoms with van der Waals surface area (Å²) in [5, 5.41) is 0. The third-order valence-corrected chi connectivity index (χ3v) is 4.17. The second-order valence-electron chi connectivity index (χ2n) is 6.20. The third kappa shape index (κ3) is 3.18. The van der Waals surface area contributed by atoms with Crippen molar-refractivity contribution in [2.24, 2.45) is 0 Å². The number of carbonyl (C=O) groups excluding carboxylic acids is 2. The lowest BCUT2D eigenvalue weighted by Crippen LogP contribution is -2.33. The van der Waals surface area contributed by atoms with E-state index >= 15 is 0 Å². The van der Waals surface area contributed by atoms with Gasteiger partial charge in [0.1, 0.15) is 5.82 Å². The summed E-state index contributed by atoms with van der Waals surface area (Å²) in [6.45, 7) is 4.11. The van der Waals surface area contributed by atoms with Gasteiger partial charge in [0.25, 0.3) is 5.91 Å². The van der Waals surface area contributed by atoms with Crippen LogP contribution in [0.2, 0.25) is 0 Å². The van der Waals surface area contributed by atoms with Gasteiger partial charge in [-0.2, -0.15) is 0 Å². The van der Waals surface area contributed by atoms with E-state index in [-0.39, 0.29) is 11.9 Å². The molecule has 0 spiro atoms. The zero-order valence-corrected chi connectivity index (χ0v) is 13.6. The average Bonchev–Trinajstić information content (AvgIpc) is 2.86. The molecule has 24 heavy (non-hydrogen) atoms. The van der Waals surface area contributed by atoms with E-state index in [9.17, 15) is 14.0 Å². The largest absolute Gasteiger partial charge is 0.333 e. The maximum Gasteiger partial charge on any atom is 0.291 e. The number of hydrogen-bond acceptors (Lipinski definition) is 4. The van der Waals surface area contributed by atoms with Gasteiger partial charge in [-0.05, 0) is 31.5 Å². The Labute approximate surface area is 139 Å². The van der Waals surface area contributed by atoms with Crippen LogP contribution in [0, 0.1) is 5.82 Å². The molecule has 0 aliphatic carbocycles. The molecule has 0 bridgehead atoms. The standard InChI is InChI=1S/C18H18FN3O2/c1-11(2)22-10-15(17(23)18(22)24)16-9-20-14(8-21-16)7-12-3-5-13(19)6-4-12/h3-6,8-9,11,15H,7,10H2,1-2H3. The molecule has 1 amide bonds. The first kappa shape index (κ1) is 16.2. The Balaban J connectivity index is 1.74. The van der Waals surface area contributed by atoms with E-state index in [1.54, 1.807) is 29.4 Å². The minimum atomic E-state index is -0.549. The Morgan fingerprint density at radius 1 is 1.17 bits per heavy atom. The maximum atomic E-state index is 12.9. The van der Waals surface area contributed by atoms with Gasteiger partial charge in [-0.15, -0.1) is 0 Å². The summed E-state index contributed by atoms with van der Waals surface area (Å²) in [5.74, 6) is -1.71. The molecule has 2 heterocycles. The van der Waals surface area contributed by atoms with E-state index in [4.69, 9.17) is 0 Å². The van der Waals surface area contributed by atoms with E-state index in [1.807, 2.05) is 13.8 Å². The van der Waals surface area contributed by atoms with Crippen molar-refractivity contribution in [3.05, 3.63) is 59.4 Å². The van der Waals surface area contributed by atoms with Gasteiger partial charge < -0.3 is 4.90 Å². The number of aromatic nitrogens is 2. The minimum Gasteiger partial charge on any atom is -0.333 e. The molecule has 1 atom stereocenters. The van der Waals surface area contributed by atoms with Gasteiger partial charge in [-0.3, -0.25) is 19.6 Å². The number of likely N-dealkylation sites (tertiary alicyclic amines) is 1. The lowest BCUT2D eigenvalue weighted by Gasteiger charge is -2.19. The van der Waals surface area contributed by atoms with Crippen molar-refractivity contribution in [3.63, 3.8) is 0 Å². The van der Waals surface area contributed by atoms with Gasteiger partial charge in [-0.25, -0.2) is 4.39 Å². The first-order chi connectivity index (χ1) is 11.5. The van der Waals surface area contributed by atoms with Crippen LogP contribution in [-0.2, 0) is 16.0 Å². The Kier molecular flexibility index (Phi) is 4.38. The smallest absolute Gasteiger partial charge is 0.291 e. The fourth-order valence-electron chi connectivity index (χ4n) is 2.77. The summed E-state index contributed by atoms with van der Waals surface area (Å²) < 4.78 is 12.9. The molecule has 1 aromatic heterocycles. The number of ketones is 1. The van der Waals surface area contributed by atoms with Crippen molar-refractivity contribution < 1.29 is 14.0 Å². The average molecular weight is 327 g/mol. The van der Waals surface area contributed by atoms with Crippen molar-refractivity contribution in [1.29, 1.82) is 0 Å². The summed E-state index contributed by atoms with van der Waals surface area (Å²) in [6, 6.07) is 6.19. The monoisotopic (exact) mass is 327 g/mol. The molecule has 1 aromatic carbocycles. The molecule has 3 rings (SSSR count). The molecule has 0 saturated carbocycles. The number of halogens is 1. The second kappa shape index (κ2) is 6.47. The molecule has 1 saturated heterocycles. The van der Waals surface area contributed by atoms with E-state index < -0.39 is 17.6 Å². The van der Waals surface area contributed by atoms with Gasteiger partial charge in [0.05, 0.1) is 17.3 Å². The molecule has 1 aliphatic rings. The van der Waals surface area contributed by atoms with Gasteiger partial charge in [0.15, 0.2) is 0 Å². The highest BCUT2D eigenvalue weighted by Gasteiger charge is 2.41. The predicted octanol–water partition coefficient (Wildman–Crippen LogP) is 2.11. The number of nitrogens with zero attached hydrogens (tertiary/aromatic N) is 3. The van der Waals surface area contributed by atoms with Crippen LogP contribution in [0.5, 0.6) is 0 Å². The molecule has 2 aromatic rings. The highest BCUT2D eigenvalue weighted by atomic mass is 19.1. The third-order valence-electron chi connectivity index (χ3n) is 4.17. The van der Waals surface area contributed by atoms with Crippen LogP contribution in [0.15, 0.2) is 36.7 Å². The van der Waals surface area contributed by atoms with Crippen LogP contribution in [0.4, 0.5) is 4.39 Å². The first-order valence-corrected chi connectivity index (χ1v) is 7.85. The summed E-state index contributed by atoms with van der Waals surface area (Å²) in [5.41, 5.74) is 2.17.